The summed E-state index contributed by atoms with van der Waals surface area (Å²) in [6, 6.07) is 14.2. The minimum Gasteiger partial charge on any atom is -0.497 e. The van der Waals surface area contributed by atoms with Crippen molar-refractivity contribution in [1.82, 2.24) is 19.5 Å². The third kappa shape index (κ3) is 3.61. The monoisotopic (exact) mass is 451 g/mol. The SMILES string of the molecule is COc1ccc(OC)c(CN2CCN(c3nc4c(Cl)c(C)nn4c4ccccc34)CC2)c1. The third-order valence-corrected chi connectivity index (χ3v) is 6.55. The lowest BCUT2D eigenvalue weighted by Crippen LogP contribution is -2.46. The fraction of sp³-hybridized carbons (Fsp3) is 0.333. The number of nitrogens with zero attached hydrogens (tertiary/aromatic N) is 5. The Balaban J connectivity index is 1.40. The maximum atomic E-state index is 6.52. The van der Waals surface area contributed by atoms with E-state index in [1.165, 1.54) is 0 Å². The number of anilines is 1. The van der Waals surface area contributed by atoms with E-state index < -0.39 is 0 Å². The molecule has 1 aliphatic heterocycles. The molecule has 32 heavy (non-hydrogen) atoms. The first-order chi connectivity index (χ1) is 15.6. The van der Waals surface area contributed by atoms with Crippen molar-refractivity contribution < 1.29 is 9.47 Å². The van der Waals surface area contributed by atoms with Crippen LogP contribution in [0.1, 0.15) is 11.3 Å². The van der Waals surface area contributed by atoms with E-state index in [1.807, 2.05) is 35.7 Å². The first kappa shape index (κ1) is 20.8. The standard InChI is InChI=1S/C24H26ClN5O2/c1-16-22(25)24-26-23(19-6-4-5-7-20(19)30(24)27-16)29-12-10-28(11-13-29)15-17-14-18(31-2)8-9-21(17)32-3/h4-9,14H,10-13,15H2,1-3H3. The van der Waals surface area contributed by atoms with Gasteiger partial charge in [-0.15, -0.1) is 0 Å². The smallest absolute Gasteiger partial charge is 0.176 e. The molecule has 2 aromatic heterocycles. The number of benzene rings is 2. The number of para-hydroxylation sites is 1. The van der Waals surface area contributed by atoms with Crippen LogP contribution in [0.25, 0.3) is 16.6 Å². The van der Waals surface area contributed by atoms with Crippen LogP contribution in [0.4, 0.5) is 5.82 Å². The molecule has 0 saturated carbocycles. The molecular formula is C24H26ClN5O2. The lowest BCUT2D eigenvalue weighted by Gasteiger charge is -2.36. The lowest BCUT2D eigenvalue weighted by molar-refractivity contribution is 0.245. The Kier molecular flexibility index (Phi) is 5.53. The second kappa shape index (κ2) is 8.48. The van der Waals surface area contributed by atoms with Gasteiger partial charge in [0.2, 0.25) is 0 Å². The highest BCUT2D eigenvalue weighted by atomic mass is 35.5. The van der Waals surface area contributed by atoms with Gasteiger partial charge >= 0.3 is 0 Å². The van der Waals surface area contributed by atoms with Crippen molar-refractivity contribution >= 4 is 34.0 Å². The molecule has 2 aromatic carbocycles. The molecule has 3 heterocycles. The van der Waals surface area contributed by atoms with Crippen LogP contribution in [0.2, 0.25) is 5.02 Å². The molecule has 0 bridgehead atoms. The molecule has 1 saturated heterocycles. The zero-order valence-electron chi connectivity index (χ0n) is 18.5. The molecule has 1 aliphatic rings. The third-order valence-electron chi connectivity index (χ3n) is 6.10. The van der Waals surface area contributed by atoms with Gasteiger partial charge in [-0.1, -0.05) is 23.7 Å². The van der Waals surface area contributed by atoms with E-state index in [0.29, 0.717) is 10.7 Å². The molecule has 4 aromatic rings. The summed E-state index contributed by atoms with van der Waals surface area (Å²) in [6.07, 6.45) is 0. The van der Waals surface area contributed by atoms with Crippen LogP contribution in [0, 0.1) is 6.92 Å². The van der Waals surface area contributed by atoms with Gasteiger partial charge in [-0.25, -0.2) is 9.50 Å². The summed E-state index contributed by atoms with van der Waals surface area (Å²) in [6.45, 7) is 6.33. The van der Waals surface area contributed by atoms with E-state index >= 15 is 0 Å². The van der Waals surface area contributed by atoms with Gasteiger partial charge in [0.1, 0.15) is 22.3 Å². The number of fused-ring (bicyclic) bond motifs is 3. The molecule has 0 amide bonds. The molecule has 0 spiro atoms. The van der Waals surface area contributed by atoms with Gasteiger partial charge in [0.05, 0.1) is 25.4 Å². The fourth-order valence-corrected chi connectivity index (χ4v) is 4.53. The summed E-state index contributed by atoms with van der Waals surface area (Å²) >= 11 is 6.52. The van der Waals surface area contributed by atoms with Crippen LogP contribution < -0.4 is 14.4 Å². The zero-order chi connectivity index (χ0) is 22.2. The summed E-state index contributed by atoms with van der Waals surface area (Å²) in [5.74, 6) is 2.70. The maximum Gasteiger partial charge on any atom is 0.176 e. The number of aryl methyl sites for hydroxylation is 1. The van der Waals surface area contributed by atoms with E-state index in [0.717, 1.165) is 72.2 Å². The highest BCUT2D eigenvalue weighted by Gasteiger charge is 2.23. The molecule has 0 atom stereocenters. The zero-order valence-corrected chi connectivity index (χ0v) is 19.3. The van der Waals surface area contributed by atoms with Crippen LogP contribution in [0.5, 0.6) is 11.5 Å². The molecule has 0 radical (unpaired) electrons. The van der Waals surface area contributed by atoms with Crippen molar-refractivity contribution in [2.24, 2.45) is 0 Å². The molecule has 7 nitrogen and oxygen atoms in total. The van der Waals surface area contributed by atoms with Crippen LogP contribution in [-0.4, -0.2) is 59.9 Å². The Morgan fingerprint density at radius 1 is 1.00 bits per heavy atom. The van der Waals surface area contributed by atoms with E-state index in [4.69, 9.17) is 26.1 Å². The number of hydrogen-bond donors (Lipinski definition) is 0. The van der Waals surface area contributed by atoms with Gasteiger partial charge in [-0.05, 0) is 37.3 Å². The average molecular weight is 452 g/mol. The fourth-order valence-electron chi connectivity index (χ4n) is 4.37. The van der Waals surface area contributed by atoms with Crippen molar-refractivity contribution in [3.63, 3.8) is 0 Å². The molecule has 1 fully saturated rings. The van der Waals surface area contributed by atoms with Crippen LogP contribution in [0.3, 0.4) is 0 Å². The second-order valence-electron chi connectivity index (χ2n) is 8.03. The van der Waals surface area contributed by atoms with Crippen LogP contribution in [-0.2, 0) is 6.54 Å². The van der Waals surface area contributed by atoms with Crippen molar-refractivity contribution in [3.8, 4) is 11.5 Å². The summed E-state index contributed by atoms with van der Waals surface area (Å²) in [7, 11) is 3.40. The van der Waals surface area contributed by atoms with Gasteiger partial charge in [0, 0.05) is 43.7 Å². The van der Waals surface area contributed by atoms with E-state index in [9.17, 15) is 0 Å². The quantitative estimate of drug-likeness (QED) is 0.453. The number of ether oxygens (including phenoxy) is 2. The van der Waals surface area contributed by atoms with Crippen LogP contribution >= 0.6 is 11.6 Å². The molecule has 0 aliphatic carbocycles. The predicted molar refractivity (Wildman–Crippen MR) is 127 cm³/mol. The maximum absolute atomic E-state index is 6.52. The summed E-state index contributed by atoms with van der Waals surface area (Å²) in [5, 5.41) is 6.29. The first-order valence-electron chi connectivity index (χ1n) is 10.7. The number of hydrogen-bond acceptors (Lipinski definition) is 6. The molecular weight excluding hydrogens is 426 g/mol. The van der Waals surface area contributed by atoms with E-state index in [2.05, 4.69) is 33.1 Å². The number of rotatable bonds is 5. The number of piperazine rings is 1. The highest BCUT2D eigenvalue weighted by molar-refractivity contribution is 6.34. The molecule has 0 unspecified atom stereocenters. The van der Waals surface area contributed by atoms with E-state index in [-0.39, 0.29) is 0 Å². The minimum atomic E-state index is 0.612. The molecule has 166 valence electrons. The molecule has 8 heteroatoms. The topological polar surface area (TPSA) is 55.1 Å². The molecule has 0 N–H and O–H groups in total. The van der Waals surface area contributed by atoms with Crippen LogP contribution in [0.15, 0.2) is 42.5 Å². The number of aromatic nitrogens is 3. The average Bonchev–Trinajstić information content (AvgIpc) is 3.12. The largest absolute Gasteiger partial charge is 0.497 e. The molecule has 5 rings (SSSR count). The van der Waals surface area contributed by atoms with Gasteiger partial charge in [-0.3, -0.25) is 4.90 Å². The van der Waals surface area contributed by atoms with E-state index in [1.54, 1.807) is 14.2 Å². The van der Waals surface area contributed by atoms with Crippen molar-refractivity contribution in [3.05, 3.63) is 58.7 Å². The summed E-state index contributed by atoms with van der Waals surface area (Å²) in [5.41, 5.74) is 3.65. The highest BCUT2D eigenvalue weighted by Crippen LogP contribution is 2.31. The Morgan fingerprint density at radius 2 is 1.78 bits per heavy atom. The summed E-state index contributed by atoms with van der Waals surface area (Å²) in [4.78, 5) is 9.73. The second-order valence-corrected chi connectivity index (χ2v) is 8.41. The minimum absolute atomic E-state index is 0.612. The normalized spacial score (nSPS) is 14.9. The van der Waals surface area contributed by atoms with Gasteiger partial charge < -0.3 is 14.4 Å². The Labute approximate surface area is 192 Å². The number of halogens is 1. The summed E-state index contributed by atoms with van der Waals surface area (Å²) < 4.78 is 12.8. The first-order valence-corrected chi connectivity index (χ1v) is 11.1. The Hall–Kier alpha value is -3.03. The number of methoxy groups -OCH3 is 2. The van der Waals surface area contributed by atoms with Gasteiger partial charge in [0.15, 0.2) is 5.65 Å². The lowest BCUT2D eigenvalue weighted by atomic mass is 10.1. The Morgan fingerprint density at radius 3 is 2.53 bits per heavy atom. The van der Waals surface area contributed by atoms with Gasteiger partial charge in [0.25, 0.3) is 0 Å². The Bertz CT molecular complexity index is 1280. The van der Waals surface area contributed by atoms with Crippen molar-refractivity contribution in [2.75, 3.05) is 45.3 Å². The predicted octanol–water partition coefficient (Wildman–Crippen LogP) is 4.18. The van der Waals surface area contributed by atoms with Crippen molar-refractivity contribution in [2.45, 2.75) is 13.5 Å². The van der Waals surface area contributed by atoms with Gasteiger partial charge in [-0.2, -0.15) is 5.10 Å². The van der Waals surface area contributed by atoms with Crippen molar-refractivity contribution in [1.29, 1.82) is 0 Å².